The number of aromatic amines is 2. The molecule has 5 heteroatoms. The first kappa shape index (κ1) is 23.5. The van der Waals surface area contributed by atoms with E-state index < -0.39 is 0 Å². The minimum absolute atomic E-state index is 0. The molecule has 0 radical (unpaired) electrons. The van der Waals surface area contributed by atoms with Crippen molar-refractivity contribution in [3.8, 4) is 0 Å². The van der Waals surface area contributed by atoms with E-state index in [0.29, 0.717) is 0 Å². The zero-order valence-corrected chi connectivity index (χ0v) is 18.7. The van der Waals surface area contributed by atoms with Crippen LogP contribution in [0.1, 0.15) is 73.8 Å². The number of H-pyrrole nitrogens is 2. The molecular weight excluding hydrogens is 417 g/mol. The molecule has 2 aliphatic heterocycles. The first-order valence-electron chi connectivity index (χ1n) is 11.8. The lowest BCUT2D eigenvalue weighted by atomic mass is 10.1. The summed E-state index contributed by atoms with van der Waals surface area (Å²) in [5, 5.41) is 0. The van der Waals surface area contributed by atoms with E-state index >= 15 is 0 Å². The molecule has 0 unspecified atom stereocenters. The maximum absolute atomic E-state index is 4.81. The van der Waals surface area contributed by atoms with Crippen molar-refractivity contribution in [3.05, 3.63) is 70.8 Å². The Kier molecular flexibility index (Phi) is 7.83. The van der Waals surface area contributed by atoms with E-state index in [0.717, 1.165) is 51.3 Å². The van der Waals surface area contributed by atoms with Crippen molar-refractivity contribution < 1.29 is 0 Å². The Hall–Kier alpha value is -2.63. The molecule has 5 rings (SSSR count). The van der Waals surface area contributed by atoms with Gasteiger partial charge in [0.1, 0.15) is 0 Å². The van der Waals surface area contributed by atoms with Gasteiger partial charge in [0.15, 0.2) is 0 Å². The summed E-state index contributed by atoms with van der Waals surface area (Å²) in [5.74, 6) is 0. The molecule has 0 atom stereocenters. The summed E-state index contributed by atoms with van der Waals surface area (Å²) in [5.41, 5.74) is 9.54. The maximum atomic E-state index is 4.81. The average Bonchev–Trinajstić information content (AvgIpc) is 3.56. The van der Waals surface area contributed by atoms with E-state index in [-0.39, 0.29) is 23.1 Å². The van der Waals surface area contributed by atoms with E-state index in [1.807, 2.05) is 0 Å². The van der Waals surface area contributed by atoms with E-state index in [9.17, 15) is 0 Å². The van der Waals surface area contributed by atoms with E-state index in [1.165, 1.54) is 44.1 Å². The third-order valence-corrected chi connectivity index (χ3v) is 6.05. The highest BCUT2D eigenvalue weighted by atomic mass is 24.3. The van der Waals surface area contributed by atoms with Crippen LogP contribution in [0.5, 0.6) is 0 Å². The maximum Gasteiger partial charge on any atom is 0.316 e. The second-order valence-electron chi connectivity index (χ2n) is 8.72. The normalized spacial score (nSPS) is 12.2. The lowest BCUT2D eigenvalue weighted by molar-refractivity contribution is 0.608. The first-order valence-corrected chi connectivity index (χ1v) is 11.8. The minimum atomic E-state index is 0. The van der Waals surface area contributed by atoms with Gasteiger partial charge in [-0.2, -0.15) is 0 Å². The van der Waals surface area contributed by atoms with Crippen LogP contribution in [-0.2, 0) is 6.42 Å². The van der Waals surface area contributed by atoms with Crippen molar-refractivity contribution in [1.29, 1.82) is 0 Å². The monoisotopic (exact) mass is 448 g/mol. The van der Waals surface area contributed by atoms with Gasteiger partial charge in [0, 0.05) is 22.1 Å². The fraction of sp³-hybridized carbons (Fsp3) is 0.286. The topological polar surface area (TPSA) is 57.4 Å². The van der Waals surface area contributed by atoms with Crippen molar-refractivity contribution in [2.75, 3.05) is 0 Å². The summed E-state index contributed by atoms with van der Waals surface area (Å²) in [6.07, 6.45) is 17.2. The molecule has 0 aromatic carbocycles. The van der Waals surface area contributed by atoms with Crippen molar-refractivity contribution in [1.82, 2.24) is 19.9 Å². The number of aryl methyl sites for hydroxylation is 1. The quantitative estimate of drug-likeness (QED) is 0.216. The third-order valence-electron chi connectivity index (χ3n) is 6.05. The Balaban J connectivity index is 0.00000259. The Bertz CT molecular complexity index is 1330. The molecule has 8 bridgehead atoms. The first-order chi connectivity index (χ1) is 15.7. The van der Waals surface area contributed by atoms with Crippen LogP contribution in [0.4, 0.5) is 0 Å². The molecule has 2 aliphatic rings. The van der Waals surface area contributed by atoms with Gasteiger partial charge in [-0.25, -0.2) is 9.97 Å². The molecule has 0 amide bonds. The molecule has 0 fully saturated rings. The summed E-state index contributed by atoms with van der Waals surface area (Å²) in [6.45, 7) is 2.27. The average molecular weight is 449 g/mol. The van der Waals surface area contributed by atoms with Gasteiger partial charge in [-0.05, 0) is 85.2 Å². The van der Waals surface area contributed by atoms with Crippen LogP contribution in [0.25, 0.3) is 46.4 Å². The molecule has 0 spiro atoms. The Labute approximate surface area is 211 Å². The number of hydrogen-bond acceptors (Lipinski definition) is 2. The van der Waals surface area contributed by atoms with Gasteiger partial charge in [0.25, 0.3) is 0 Å². The van der Waals surface area contributed by atoms with Crippen LogP contribution < -0.4 is 0 Å². The van der Waals surface area contributed by atoms with Crippen LogP contribution in [0, 0.1) is 0 Å². The zero-order chi connectivity index (χ0) is 21.8. The van der Waals surface area contributed by atoms with Crippen molar-refractivity contribution in [2.24, 2.45) is 0 Å². The zero-order valence-electron chi connectivity index (χ0n) is 18.7. The lowest BCUT2D eigenvalue weighted by Crippen LogP contribution is -1.85. The molecule has 0 saturated carbocycles. The predicted molar refractivity (Wildman–Crippen MR) is 144 cm³/mol. The molecule has 3 aromatic heterocycles. The van der Waals surface area contributed by atoms with Crippen molar-refractivity contribution in [2.45, 2.75) is 51.9 Å². The fourth-order valence-electron chi connectivity index (χ4n) is 4.38. The van der Waals surface area contributed by atoms with Gasteiger partial charge in [-0.1, -0.05) is 39.0 Å². The molecule has 5 heterocycles. The molecule has 33 heavy (non-hydrogen) atoms. The smallest absolute Gasteiger partial charge is 0.316 e. The van der Waals surface area contributed by atoms with Gasteiger partial charge in [0.05, 0.1) is 22.8 Å². The number of rotatable bonds is 7. The number of aromatic nitrogens is 4. The third kappa shape index (κ3) is 6.04. The van der Waals surface area contributed by atoms with Gasteiger partial charge >= 0.3 is 23.1 Å². The standard InChI is InChI=1S/C28H30N4.Mg.2H/c1-2-3-4-5-6-7-8-20-15-27-18-25-12-11-23(30-25)16-21-9-10-22(29-21)17-24-13-14-26(31-24)19-28(20)32-27;;;/h9-19,29,32H,2-8H2,1H3;;;. The summed E-state index contributed by atoms with van der Waals surface area (Å²) < 4.78 is 0. The fourth-order valence-corrected chi connectivity index (χ4v) is 4.38. The van der Waals surface area contributed by atoms with Gasteiger partial charge in [-0.15, -0.1) is 0 Å². The Morgan fingerprint density at radius 2 is 1.15 bits per heavy atom. The van der Waals surface area contributed by atoms with Gasteiger partial charge in [-0.3, -0.25) is 0 Å². The summed E-state index contributed by atoms with van der Waals surface area (Å²) in [7, 11) is 0. The van der Waals surface area contributed by atoms with Crippen LogP contribution in [0.15, 0.2) is 42.5 Å². The molecule has 3 aromatic rings. The number of fused-ring (bicyclic) bond motifs is 8. The molecule has 2 N–H and O–H groups in total. The number of nitrogens with one attached hydrogen (secondary N) is 2. The van der Waals surface area contributed by atoms with E-state index in [4.69, 9.17) is 9.97 Å². The minimum Gasteiger partial charge on any atom is -0.355 e. The molecule has 166 valence electrons. The second kappa shape index (κ2) is 11.0. The Morgan fingerprint density at radius 1 is 0.606 bits per heavy atom. The SMILES string of the molecule is CCCCCCCCc1cc2cc3nc(cc4ccc(cc5nc(cc1[nH]2)C=C5)[nH]4)C=C3.[MgH2]. The highest BCUT2D eigenvalue weighted by Gasteiger charge is 2.05. The molecule has 0 aliphatic carbocycles. The number of unbranched alkanes of at least 4 members (excludes halogenated alkanes) is 5. The molecular formula is C28H32MgN4. The predicted octanol–water partition coefficient (Wildman–Crippen LogP) is 6.64. The van der Waals surface area contributed by atoms with E-state index in [2.05, 4.69) is 83.7 Å². The van der Waals surface area contributed by atoms with Gasteiger partial charge in [0.2, 0.25) is 0 Å². The van der Waals surface area contributed by atoms with Crippen LogP contribution >= 0.6 is 0 Å². The second-order valence-corrected chi connectivity index (χ2v) is 8.72. The highest BCUT2D eigenvalue weighted by Crippen LogP contribution is 2.21. The van der Waals surface area contributed by atoms with Crippen molar-refractivity contribution >= 4 is 69.4 Å². The summed E-state index contributed by atoms with van der Waals surface area (Å²) in [4.78, 5) is 16.6. The van der Waals surface area contributed by atoms with Crippen LogP contribution in [-0.4, -0.2) is 43.0 Å². The van der Waals surface area contributed by atoms with Crippen LogP contribution in [0.2, 0.25) is 0 Å². The lowest BCUT2D eigenvalue weighted by Gasteiger charge is -2.00. The molecule has 0 saturated heterocycles. The van der Waals surface area contributed by atoms with E-state index in [1.54, 1.807) is 0 Å². The Morgan fingerprint density at radius 3 is 1.79 bits per heavy atom. The number of nitrogens with zero attached hydrogens (tertiary/aromatic N) is 2. The molecule has 4 nitrogen and oxygen atoms in total. The largest absolute Gasteiger partial charge is 0.355 e. The van der Waals surface area contributed by atoms with Crippen molar-refractivity contribution in [3.63, 3.8) is 0 Å². The van der Waals surface area contributed by atoms with Gasteiger partial charge < -0.3 is 9.97 Å². The number of hydrogen-bond donors (Lipinski definition) is 2. The summed E-state index contributed by atoms with van der Waals surface area (Å²) >= 11 is 0. The van der Waals surface area contributed by atoms with Crippen LogP contribution in [0.3, 0.4) is 0 Å². The highest BCUT2D eigenvalue weighted by molar-refractivity contribution is 5.78. The summed E-state index contributed by atoms with van der Waals surface area (Å²) in [6, 6.07) is 14.9.